The van der Waals surface area contributed by atoms with Gasteiger partial charge in [-0.25, -0.2) is 4.98 Å². The van der Waals surface area contributed by atoms with E-state index < -0.39 is 0 Å². The number of amides is 1. The molecule has 0 atom stereocenters. The molecule has 2 heterocycles. The lowest BCUT2D eigenvalue weighted by molar-refractivity contribution is 0.102. The number of nitrogens with zero attached hydrogens (tertiary/aromatic N) is 4. The Balaban J connectivity index is 2.00. The molecule has 6 heteroatoms. The molecule has 108 valence electrons. The predicted molar refractivity (Wildman–Crippen MR) is 82.3 cm³/mol. The van der Waals surface area contributed by atoms with E-state index in [4.69, 9.17) is 5.26 Å². The topological polar surface area (TPSA) is 83.6 Å². The van der Waals surface area contributed by atoms with Crippen LogP contribution in [0.5, 0.6) is 0 Å². The number of nitriles is 1. The molecule has 0 saturated carbocycles. The third kappa shape index (κ3) is 2.40. The number of hydrogen-bond donors (Lipinski definition) is 1. The van der Waals surface area contributed by atoms with Gasteiger partial charge in [-0.3, -0.25) is 15.1 Å². The molecular weight excluding hydrogens is 278 g/mol. The number of carbonyl (C=O) groups excluding carboxylic acids is 1. The predicted octanol–water partition coefficient (Wildman–Crippen LogP) is 2.58. The lowest BCUT2D eigenvalue weighted by atomic mass is 10.2. The van der Waals surface area contributed by atoms with Crippen LogP contribution in [0.4, 0.5) is 5.95 Å². The van der Waals surface area contributed by atoms with Gasteiger partial charge in [0.1, 0.15) is 0 Å². The second-order valence-corrected chi connectivity index (χ2v) is 4.69. The van der Waals surface area contributed by atoms with Crippen LogP contribution in [0.25, 0.3) is 11.0 Å². The van der Waals surface area contributed by atoms with Crippen LogP contribution < -0.4 is 5.32 Å². The Labute approximate surface area is 127 Å². The fraction of sp³-hybridized carbons (Fsp3) is 0.125. The number of pyridine rings is 1. The third-order valence-corrected chi connectivity index (χ3v) is 3.34. The Morgan fingerprint density at radius 1 is 1.41 bits per heavy atom. The van der Waals surface area contributed by atoms with Crippen LogP contribution in [0, 0.1) is 11.3 Å². The molecule has 6 nitrogen and oxygen atoms in total. The highest BCUT2D eigenvalue weighted by atomic mass is 16.1. The number of fused-ring (bicyclic) bond motifs is 1. The largest absolute Gasteiger partial charge is 0.310 e. The van der Waals surface area contributed by atoms with Crippen LogP contribution >= 0.6 is 0 Å². The first-order valence-electron chi connectivity index (χ1n) is 6.84. The second kappa shape index (κ2) is 5.66. The molecule has 0 spiro atoms. The van der Waals surface area contributed by atoms with Crippen LogP contribution in [-0.2, 0) is 6.54 Å². The Morgan fingerprint density at radius 3 is 2.95 bits per heavy atom. The Bertz CT molecular complexity index is 877. The quantitative estimate of drug-likeness (QED) is 0.803. The highest BCUT2D eigenvalue weighted by molar-refractivity contribution is 6.03. The molecule has 2 aromatic heterocycles. The number of carbonyl (C=O) groups is 1. The van der Waals surface area contributed by atoms with Crippen LogP contribution in [0.2, 0.25) is 0 Å². The fourth-order valence-corrected chi connectivity index (χ4v) is 2.29. The van der Waals surface area contributed by atoms with Crippen molar-refractivity contribution in [1.82, 2.24) is 14.5 Å². The zero-order chi connectivity index (χ0) is 15.5. The highest BCUT2D eigenvalue weighted by Gasteiger charge is 2.14. The number of benzene rings is 1. The summed E-state index contributed by atoms with van der Waals surface area (Å²) < 4.78 is 1.89. The average molecular weight is 291 g/mol. The van der Waals surface area contributed by atoms with Crippen molar-refractivity contribution < 1.29 is 4.79 Å². The lowest BCUT2D eigenvalue weighted by Gasteiger charge is -2.07. The summed E-state index contributed by atoms with van der Waals surface area (Å²) in [5.41, 5.74) is 2.57. The Kier molecular flexibility index (Phi) is 3.54. The molecule has 0 aliphatic rings. The number of aryl methyl sites for hydroxylation is 1. The first kappa shape index (κ1) is 13.8. The van der Waals surface area contributed by atoms with Crippen molar-refractivity contribution in [3.63, 3.8) is 0 Å². The summed E-state index contributed by atoms with van der Waals surface area (Å²) in [4.78, 5) is 20.6. The van der Waals surface area contributed by atoms with Crippen molar-refractivity contribution in [3.05, 3.63) is 53.9 Å². The van der Waals surface area contributed by atoms with Crippen molar-refractivity contribution in [2.24, 2.45) is 0 Å². The monoisotopic (exact) mass is 291 g/mol. The van der Waals surface area contributed by atoms with Gasteiger partial charge >= 0.3 is 0 Å². The van der Waals surface area contributed by atoms with Crippen molar-refractivity contribution >= 4 is 22.9 Å². The van der Waals surface area contributed by atoms with Gasteiger partial charge in [-0.15, -0.1) is 0 Å². The maximum Gasteiger partial charge on any atom is 0.259 e. The summed E-state index contributed by atoms with van der Waals surface area (Å²) in [5, 5.41) is 11.8. The standard InChI is InChI=1S/C16H13N5O/c1-2-21-14-6-5-11(9-17)8-13(14)19-16(21)20-15(22)12-4-3-7-18-10-12/h3-8,10H,2H2,1H3,(H,19,20,22). The minimum absolute atomic E-state index is 0.265. The number of hydrogen-bond acceptors (Lipinski definition) is 4. The fourth-order valence-electron chi connectivity index (χ4n) is 2.29. The van der Waals surface area contributed by atoms with Crippen molar-refractivity contribution in [1.29, 1.82) is 5.26 Å². The van der Waals surface area contributed by atoms with Crippen LogP contribution in [-0.4, -0.2) is 20.4 Å². The molecule has 0 bridgehead atoms. The minimum atomic E-state index is -0.265. The summed E-state index contributed by atoms with van der Waals surface area (Å²) in [7, 11) is 0. The van der Waals surface area contributed by atoms with E-state index in [0.29, 0.717) is 29.1 Å². The van der Waals surface area contributed by atoms with Crippen LogP contribution in [0.1, 0.15) is 22.8 Å². The van der Waals surface area contributed by atoms with E-state index in [2.05, 4.69) is 21.4 Å². The van der Waals surface area contributed by atoms with Gasteiger partial charge in [-0.2, -0.15) is 5.26 Å². The van der Waals surface area contributed by atoms with Crippen molar-refractivity contribution in [2.75, 3.05) is 5.32 Å². The molecule has 0 saturated heterocycles. The number of imidazole rings is 1. The summed E-state index contributed by atoms with van der Waals surface area (Å²) in [6.45, 7) is 2.63. The van der Waals surface area contributed by atoms with Gasteiger partial charge in [0.05, 0.1) is 28.2 Å². The van der Waals surface area contributed by atoms with Gasteiger partial charge in [0, 0.05) is 18.9 Å². The van der Waals surface area contributed by atoms with E-state index in [1.54, 1.807) is 30.5 Å². The maximum atomic E-state index is 12.2. The van der Waals surface area contributed by atoms with Gasteiger partial charge in [0.25, 0.3) is 5.91 Å². The first-order valence-corrected chi connectivity index (χ1v) is 6.84. The number of nitrogens with one attached hydrogen (secondary N) is 1. The van der Waals surface area contributed by atoms with Crippen LogP contribution in [0.3, 0.4) is 0 Å². The highest BCUT2D eigenvalue weighted by Crippen LogP contribution is 2.21. The first-order chi connectivity index (χ1) is 10.7. The number of rotatable bonds is 3. The number of anilines is 1. The zero-order valence-electron chi connectivity index (χ0n) is 11.9. The molecule has 0 fully saturated rings. The second-order valence-electron chi connectivity index (χ2n) is 4.69. The number of aromatic nitrogens is 3. The molecular formula is C16H13N5O. The van der Waals surface area contributed by atoms with E-state index in [1.165, 1.54) is 6.20 Å². The summed E-state index contributed by atoms with van der Waals surface area (Å²) in [5.74, 6) is 0.194. The molecule has 0 unspecified atom stereocenters. The van der Waals surface area contributed by atoms with Crippen molar-refractivity contribution in [2.45, 2.75) is 13.5 Å². The molecule has 1 aromatic carbocycles. The normalized spacial score (nSPS) is 10.4. The molecule has 1 N–H and O–H groups in total. The summed E-state index contributed by atoms with van der Waals surface area (Å²) in [6, 6.07) is 10.8. The van der Waals surface area contributed by atoms with E-state index in [9.17, 15) is 4.79 Å². The van der Waals surface area contributed by atoms with E-state index in [0.717, 1.165) is 5.52 Å². The van der Waals surface area contributed by atoms with Gasteiger partial charge in [-0.1, -0.05) is 0 Å². The van der Waals surface area contributed by atoms with E-state index >= 15 is 0 Å². The van der Waals surface area contributed by atoms with Crippen LogP contribution in [0.15, 0.2) is 42.7 Å². The summed E-state index contributed by atoms with van der Waals surface area (Å²) >= 11 is 0. The van der Waals surface area contributed by atoms with Gasteiger partial charge in [0.2, 0.25) is 5.95 Å². The lowest BCUT2D eigenvalue weighted by Crippen LogP contribution is -2.15. The molecule has 1 amide bonds. The molecule has 3 aromatic rings. The van der Waals surface area contributed by atoms with Gasteiger partial charge in [-0.05, 0) is 37.3 Å². The molecule has 0 aliphatic heterocycles. The molecule has 22 heavy (non-hydrogen) atoms. The third-order valence-electron chi connectivity index (χ3n) is 3.34. The van der Waals surface area contributed by atoms with Gasteiger partial charge in [0.15, 0.2) is 0 Å². The molecule has 0 aliphatic carbocycles. The minimum Gasteiger partial charge on any atom is -0.310 e. The Hall–Kier alpha value is -3.20. The van der Waals surface area contributed by atoms with E-state index in [1.807, 2.05) is 17.6 Å². The maximum absolute atomic E-state index is 12.2. The SMILES string of the molecule is CCn1c(NC(=O)c2cccnc2)nc2cc(C#N)ccc21. The van der Waals surface area contributed by atoms with Crippen molar-refractivity contribution in [3.8, 4) is 6.07 Å². The zero-order valence-corrected chi connectivity index (χ0v) is 11.9. The Morgan fingerprint density at radius 2 is 2.27 bits per heavy atom. The molecule has 3 rings (SSSR count). The molecule has 0 radical (unpaired) electrons. The van der Waals surface area contributed by atoms with E-state index in [-0.39, 0.29) is 5.91 Å². The summed E-state index contributed by atoms with van der Waals surface area (Å²) in [6.07, 6.45) is 3.11. The van der Waals surface area contributed by atoms with Gasteiger partial charge < -0.3 is 4.57 Å². The average Bonchev–Trinajstić information content (AvgIpc) is 2.91. The smallest absolute Gasteiger partial charge is 0.259 e.